The molecule has 2 aromatic carbocycles. The van der Waals surface area contributed by atoms with E-state index in [4.69, 9.17) is 0 Å². The van der Waals surface area contributed by atoms with Gasteiger partial charge in [-0.2, -0.15) is 0 Å². The second-order valence-electron chi connectivity index (χ2n) is 4.33. The van der Waals surface area contributed by atoms with Gasteiger partial charge in [-0.1, -0.05) is 24.3 Å². The summed E-state index contributed by atoms with van der Waals surface area (Å²) in [6.07, 6.45) is 3.32. The van der Waals surface area contributed by atoms with E-state index >= 15 is 0 Å². The molecule has 3 aromatic rings. The van der Waals surface area contributed by atoms with Gasteiger partial charge in [-0.3, -0.25) is 9.78 Å². The van der Waals surface area contributed by atoms with Crippen molar-refractivity contribution in [1.29, 1.82) is 0 Å². The molecule has 1 heterocycles. The van der Waals surface area contributed by atoms with Gasteiger partial charge in [-0.05, 0) is 39.5 Å². The highest BCUT2D eigenvalue weighted by Crippen LogP contribution is 2.26. The summed E-state index contributed by atoms with van der Waals surface area (Å²) in [6, 6.07) is 11.7. The number of halogens is 2. The van der Waals surface area contributed by atoms with Crippen molar-refractivity contribution in [1.82, 2.24) is 4.98 Å². The van der Waals surface area contributed by atoms with Crippen LogP contribution in [0.3, 0.4) is 0 Å². The van der Waals surface area contributed by atoms with Crippen LogP contribution in [0.1, 0.15) is 15.9 Å². The van der Waals surface area contributed by atoms with Gasteiger partial charge in [0.2, 0.25) is 0 Å². The van der Waals surface area contributed by atoms with Crippen molar-refractivity contribution < 1.29 is 9.18 Å². The minimum atomic E-state index is -0.450. The van der Waals surface area contributed by atoms with Crippen LogP contribution in [0.5, 0.6) is 0 Å². The van der Waals surface area contributed by atoms with Crippen LogP contribution in [-0.2, 0) is 0 Å². The maximum atomic E-state index is 13.6. The number of hydrogen-bond donors (Lipinski definition) is 0. The molecule has 98 valence electrons. The molecule has 2 nitrogen and oxygen atoms in total. The number of aromatic nitrogens is 1. The van der Waals surface area contributed by atoms with Gasteiger partial charge in [0.1, 0.15) is 5.82 Å². The summed E-state index contributed by atoms with van der Waals surface area (Å²) in [5.41, 5.74) is 0.822. The van der Waals surface area contributed by atoms with Gasteiger partial charge >= 0.3 is 0 Å². The lowest BCUT2D eigenvalue weighted by Crippen LogP contribution is -2.04. The second kappa shape index (κ2) is 5.13. The molecule has 3 rings (SSSR count). The molecule has 0 saturated carbocycles. The van der Waals surface area contributed by atoms with Gasteiger partial charge < -0.3 is 0 Å². The molecule has 0 bridgehead atoms. The molecule has 0 atom stereocenters. The maximum Gasteiger partial charge on any atom is 0.194 e. The highest BCUT2D eigenvalue weighted by Gasteiger charge is 2.17. The molecule has 0 fully saturated rings. The predicted molar refractivity (Wildman–Crippen MR) is 79.3 cm³/mol. The van der Waals surface area contributed by atoms with Gasteiger partial charge in [-0.25, -0.2) is 4.39 Å². The van der Waals surface area contributed by atoms with Crippen LogP contribution in [0.2, 0.25) is 0 Å². The molecule has 0 spiro atoms. The third-order valence-electron chi connectivity index (χ3n) is 3.12. The summed E-state index contributed by atoms with van der Waals surface area (Å²) in [5, 5.41) is 1.69. The summed E-state index contributed by atoms with van der Waals surface area (Å²) in [4.78, 5) is 16.7. The van der Waals surface area contributed by atoms with Crippen LogP contribution in [-0.4, -0.2) is 10.8 Å². The molecule has 0 aliphatic carbocycles. The Morgan fingerprint density at radius 2 is 1.80 bits per heavy atom. The number of hydrogen-bond acceptors (Lipinski definition) is 2. The van der Waals surface area contributed by atoms with E-state index in [2.05, 4.69) is 20.9 Å². The number of carbonyl (C=O) groups excluding carboxylic acids is 1. The van der Waals surface area contributed by atoms with Crippen molar-refractivity contribution in [3.63, 3.8) is 0 Å². The smallest absolute Gasteiger partial charge is 0.194 e. The van der Waals surface area contributed by atoms with Crippen molar-refractivity contribution in [2.75, 3.05) is 0 Å². The lowest BCUT2D eigenvalue weighted by Gasteiger charge is -2.07. The Morgan fingerprint density at radius 3 is 2.65 bits per heavy atom. The molecule has 0 aliphatic heterocycles. The van der Waals surface area contributed by atoms with Crippen molar-refractivity contribution in [3.05, 3.63) is 76.3 Å². The van der Waals surface area contributed by atoms with Crippen LogP contribution in [0.25, 0.3) is 10.8 Å². The Labute approximate surface area is 123 Å². The lowest BCUT2D eigenvalue weighted by atomic mass is 9.98. The largest absolute Gasteiger partial charge is 0.289 e. The average Bonchev–Trinajstić information content (AvgIpc) is 2.49. The minimum absolute atomic E-state index is 0.186. The van der Waals surface area contributed by atoms with Crippen molar-refractivity contribution >= 4 is 32.5 Å². The average molecular weight is 330 g/mol. The van der Waals surface area contributed by atoms with E-state index in [0.717, 1.165) is 10.8 Å². The number of rotatable bonds is 2. The number of carbonyl (C=O) groups is 1. The summed E-state index contributed by atoms with van der Waals surface area (Å²) in [7, 11) is 0. The highest BCUT2D eigenvalue weighted by molar-refractivity contribution is 9.10. The molecule has 20 heavy (non-hydrogen) atoms. The Bertz CT molecular complexity index is 811. The fourth-order valence-electron chi connectivity index (χ4n) is 2.14. The first-order valence-corrected chi connectivity index (χ1v) is 6.79. The molecule has 0 aliphatic rings. The quantitative estimate of drug-likeness (QED) is 0.653. The zero-order valence-electron chi connectivity index (χ0n) is 10.3. The van der Waals surface area contributed by atoms with E-state index in [1.807, 2.05) is 18.2 Å². The minimum Gasteiger partial charge on any atom is -0.289 e. The second-order valence-corrected chi connectivity index (χ2v) is 5.13. The molecule has 4 heteroatoms. The fraction of sp³-hybridized carbons (Fsp3) is 0. The molecule has 0 N–H and O–H groups in total. The van der Waals surface area contributed by atoms with E-state index in [1.165, 1.54) is 12.1 Å². The molecular weight excluding hydrogens is 321 g/mol. The van der Waals surface area contributed by atoms with Gasteiger partial charge in [-0.15, -0.1) is 0 Å². The number of pyridine rings is 1. The van der Waals surface area contributed by atoms with E-state index in [-0.39, 0.29) is 10.3 Å². The molecule has 0 amide bonds. The standard InChI is InChI=1S/C16H9BrFNO/c17-15-12(5-2-6-14(15)18)16(20)11-4-1-3-10-7-8-19-9-13(10)11/h1-9H. The van der Waals surface area contributed by atoms with Gasteiger partial charge in [0.05, 0.1) is 4.47 Å². The Morgan fingerprint density at radius 1 is 1.05 bits per heavy atom. The first-order chi connectivity index (χ1) is 9.68. The Kier molecular flexibility index (Phi) is 3.32. The molecule has 0 unspecified atom stereocenters. The number of nitrogens with zero attached hydrogens (tertiary/aromatic N) is 1. The van der Waals surface area contributed by atoms with Crippen LogP contribution in [0.15, 0.2) is 59.3 Å². The summed E-state index contributed by atoms with van der Waals surface area (Å²) < 4.78 is 13.7. The molecular formula is C16H9BrFNO. The third kappa shape index (κ3) is 2.12. The van der Waals surface area contributed by atoms with Crippen molar-refractivity contribution in [2.45, 2.75) is 0 Å². The van der Waals surface area contributed by atoms with Gasteiger partial charge in [0.15, 0.2) is 5.78 Å². The zero-order chi connectivity index (χ0) is 14.1. The van der Waals surface area contributed by atoms with Gasteiger partial charge in [0.25, 0.3) is 0 Å². The monoisotopic (exact) mass is 329 g/mol. The van der Waals surface area contributed by atoms with Crippen molar-refractivity contribution in [3.8, 4) is 0 Å². The van der Waals surface area contributed by atoms with Crippen LogP contribution in [0, 0.1) is 5.82 Å². The fourth-order valence-corrected chi connectivity index (χ4v) is 2.58. The molecule has 0 saturated heterocycles. The molecule has 1 aromatic heterocycles. The Hall–Kier alpha value is -2.07. The molecule has 0 radical (unpaired) electrons. The highest BCUT2D eigenvalue weighted by atomic mass is 79.9. The first kappa shape index (κ1) is 12.9. The lowest BCUT2D eigenvalue weighted by molar-refractivity contribution is 0.103. The van der Waals surface area contributed by atoms with Crippen LogP contribution >= 0.6 is 15.9 Å². The number of fused-ring (bicyclic) bond motifs is 1. The number of benzene rings is 2. The van der Waals surface area contributed by atoms with E-state index in [1.54, 1.807) is 24.5 Å². The SMILES string of the molecule is O=C(c1cccc(F)c1Br)c1cccc2ccncc12. The maximum absolute atomic E-state index is 13.6. The Balaban J connectivity index is 2.21. The zero-order valence-corrected chi connectivity index (χ0v) is 11.9. The topological polar surface area (TPSA) is 30.0 Å². The normalized spacial score (nSPS) is 10.7. The van der Waals surface area contributed by atoms with Crippen LogP contribution in [0.4, 0.5) is 4.39 Å². The van der Waals surface area contributed by atoms with Gasteiger partial charge in [0, 0.05) is 28.9 Å². The van der Waals surface area contributed by atoms with E-state index < -0.39 is 5.82 Å². The first-order valence-electron chi connectivity index (χ1n) is 6.00. The summed E-state index contributed by atoms with van der Waals surface area (Å²) in [6.45, 7) is 0. The van der Waals surface area contributed by atoms with E-state index in [9.17, 15) is 9.18 Å². The predicted octanol–water partition coefficient (Wildman–Crippen LogP) is 4.37. The third-order valence-corrected chi connectivity index (χ3v) is 3.93. The number of ketones is 1. The summed E-state index contributed by atoms with van der Waals surface area (Å²) >= 11 is 3.13. The van der Waals surface area contributed by atoms with Crippen molar-refractivity contribution in [2.24, 2.45) is 0 Å². The van der Waals surface area contributed by atoms with E-state index in [0.29, 0.717) is 11.1 Å². The summed E-state index contributed by atoms with van der Waals surface area (Å²) in [5.74, 6) is -0.677. The van der Waals surface area contributed by atoms with Crippen LogP contribution < -0.4 is 0 Å².